The number of pyridine rings is 1. The summed E-state index contributed by atoms with van der Waals surface area (Å²) < 4.78 is 10.1. The van der Waals surface area contributed by atoms with Crippen LogP contribution in [0.5, 0.6) is 0 Å². The second-order valence-electron chi connectivity index (χ2n) is 7.52. The van der Waals surface area contributed by atoms with Crippen LogP contribution in [0.2, 0.25) is 0 Å². The Bertz CT molecular complexity index is 1240. The van der Waals surface area contributed by atoms with Gasteiger partial charge < -0.3 is 14.8 Å². The Kier molecular flexibility index (Phi) is 6.37. The molecule has 3 aromatic rings. The molecule has 0 amide bonds. The summed E-state index contributed by atoms with van der Waals surface area (Å²) in [4.78, 5) is 34.4. The van der Waals surface area contributed by atoms with E-state index >= 15 is 0 Å². The molecule has 2 aromatic heterocycles. The van der Waals surface area contributed by atoms with Crippen molar-refractivity contribution in [2.75, 3.05) is 14.2 Å². The molecule has 168 valence electrons. The molecule has 0 unspecified atom stereocenters. The molecule has 0 aliphatic carbocycles. The first kappa shape index (κ1) is 22.4. The van der Waals surface area contributed by atoms with Gasteiger partial charge in [-0.2, -0.15) is 0 Å². The van der Waals surface area contributed by atoms with E-state index in [1.165, 1.54) is 25.6 Å². The van der Waals surface area contributed by atoms with Crippen LogP contribution in [0.4, 0.5) is 0 Å². The highest BCUT2D eigenvalue weighted by molar-refractivity contribution is 7.13. The maximum Gasteiger partial charge on any atom is 0.336 e. The quantitative estimate of drug-likeness (QED) is 0.561. The molecule has 1 N–H and O–H groups in total. The smallest absolute Gasteiger partial charge is 0.336 e. The van der Waals surface area contributed by atoms with Crippen LogP contribution in [-0.2, 0) is 19.1 Å². The second kappa shape index (κ2) is 9.38. The van der Waals surface area contributed by atoms with Crippen LogP contribution in [0.15, 0.2) is 76.7 Å². The van der Waals surface area contributed by atoms with Crippen molar-refractivity contribution >= 4 is 23.3 Å². The molecule has 0 radical (unpaired) electrons. The number of allylic oxidation sites excluding steroid dienone is 2. The zero-order chi connectivity index (χ0) is 23.5. The maximum atomic E-state index is 12.7. The zero-order valence-corrected chi connectivity index (χ0v) is 19.5. The van der Waals surface area contributed by atoms with Gasteiger partial charge >= 0.3 is 11.9 Å². The maximum absolute atomic E-state index is 12.7. The van der Waals surface area contributed by atoms with Crippen LogP contribution in [0.1, 0.15) is 25.3 Å². The van der Waals surface area contributed by atoms with Crippen LogP contribution in [0.3, 0.4) is 0 Å². The van der Waals surface area contributed by atoms with Gasteiger partial charge in [-0.3, -0.25) is 4.98 Å². The number of hydrogen-bond donors (Lipinski definition) is 1. The Balaban J connectivity index is 1.81. The van der Waals surface area contributed by atoms with Gasteiger partial charge in [0.1, 0.15) is 5.01 Å². The van der Waals surface area contributed by atoms with Gasteiger partial charge in [-0.1, -0.05) is 18.2 Å². The van der Waals surface area contributed by atoms with Crippen LogP contribution >= 0.6 is 11.3 Å². The second-order valence-corrected chi connectivity index (χ2v) is 8.38. The summed E-state index contributed by atoms with van der Waals surface area (Å²) in [7, 11) is 2.66. The van der Waals surface area contributed by atoms with Crippen LogP contribution < -0.4 is 5.32 Å². The molecule has 7 nitrogen and oxygen atoms in total. The van der Waals surface area contributed by atoms with E-state index in [9.17, 15) is 9.59 Å². The van der Waals surface area contributed by atoms with Crippen molar-refractivity contribution in [3.63, 3.8) is 0 Å². The van der Waals surface area contributed by atoms with Crippen molar-refractivity contribution in [2.45, 2.75) is 19.8 Å². The van der Waals surface area contributed by atoms with Crippen LogP contribution in [-0.4, -0.2) is 36.1 Å². The molecule has 0 spiro atoms. The van der Waals surface area contributed by atoms with E-state index in [1.54, 1.807) is 26.2 Å². The van der Waals surface area contributed by atoms with Crippen LogP contribution in [0.25, 0.3) is 21.8 Å². The van der Waals surface area contributed by atoms with Crippen molar-refractivity contribution in [2.24, 2.45) is 0 Å². The minimum Gasteiger partial charge on any atom is -0.466 e. The molecule has 0 fully saturated rings. The number of carbonyl (C=O) groups is 2. The first-order valence-electron chi connectivity index (χ1n) is 10.3. The molecule has 1 aliphatic rings. The lowest BCUT2D eigenvalue weighted by Gasteiger charge is -2.30. The van der Waals surface area contributed by atoms with Crippen molar-refractivity contribution in [3.8, 4) is 21.8 Å². The number of methoxy groups -OCH3 is 2. The highest BCUT2D eigenvalue weighted by atomic mass is 32.1. The Labute approximate surface area is 195 Å². The van der Waals surface area contributed by atoms with E-state index < -0.39 is 17.9 Å². The molecule has 3 heterocycles. The lowest BCUT2D eigenvalue weighted by molar-refractivity contribution is -0.137. The lowest BCUT2D eigenvalue weighted by Crippen LogP contribution is -2.32. The van der Waals surface area contributed by atoms with E-state index in [4.69, 9.17) is 14.5 Å². The number of nitrogens with one attached hydrogen (secondary N) is 1. The fraction of sp³-hybridized carbons (Fsp3) is 0.200. The van der Waals surface area contributed by atoms with Gasteiger partial charge in [0, 0.05) is 40.3 Å². The summed E-state index contributed by atoms with van der Waals surface area (Å²) in [5.41, 5.74) is 5.44. The average molecular weight is 462 g/mol. The van der Waals surface area contributed by atoms with Gasteiger partial charge in [0.05, 0.1) is 37.0 Å². The van der Waals surface area contributed by atoms with Gasteiger partial charge in [-0.25, -0.2) is 14.6 Å². The first-order chi connectivity index (χ1) is 15.9. The highest BCUT2D eigenvalue weighted by Gasteiger charge is 2.37. The molecule has 33 heavy (non-hydrogen) atoms. The monoisotopic (exact) mass is 461 g/mol. The number of carbonyl (C=O) groups excluding carboxylic acids is 2. The number of nitrogens with zero attached hydrogens (tertiary/aromatic N) is 2. The molecule has 4 rings (SSSR count). The summed E-state index contributed by atoms with van der Waals surface area (Å²) in [5.74, 6) is -1.64. The molecule has 0 saturated carbocycles. The summed E-state index contributed by atoms with van der Waals surface area (Å²) >= 11 is 1.52. The van der Waals surface area contributed by atoms with Gasteiger partial charge in [0.2, 0.25) is 0 Å². The summed E-state index contributed by atoms with van der Waals surface area (Å²) in [6, 6.07) is 11.5. The normalized spacial score (nSPS) is 14.2. The SMILES string of the molecule is COC(=O)C1=C(C)NC(C)=C(C(=O)OC)C1c1cccc(-c2nc(-c3cccnc3)cs2)c1. The summed E-state index contributed by atoms with van der Waals surface area (Å²) in [5, 5.41) is 5.93. The van der Waals surface area contributed by atoms with Gasteiger partial charge in [0.15, 0.2) is 0 Å². The Morgan fingerprint density at radius 3 is 2.24 bits per heavy atom. The minimum atomic E-state index is -0.635. The lowest BCUT2D eigenvalue weighted by atomic mass is 9.80. The highest BCUT2D eigenvalue weighted by Crippen LogP contribution is 2.40. The van der Waals surface area contributed by atoms with Crippen LogP contribution in [0, 0.1) is 0 Å². The van der Waals surface area contributed by atoms with E-state index in [0.717, 1.165) is 27.4 Å². The first-order valence-corrected chi connectivity index (χ1v) is 11.1. The molecular formula is C25H23N3O4S. The molecule has 8 heteroatoms. The number of benzene rings is 1. The van der Waals surface area contributed by atoms with E-state index in [2.05, 4.69) is 10.3 Å². The van der Waals surface area contributed by atoms with E-state index in [-0.39, 0.29) is 0 Å². The van der Waals surface area contributed by atoms with E-state index in [0.29, 0.717) is 22.5 Å². The molecule has 1 aromatic carbocycles. The fourth-order valence-electron chi connectivity index (χ4n) is 3.99. The number of rotatable bonds is 5. The largest absolute Gasteiger partial charge is 0.466 e. The van der Waals surface area contributed by atoms with E-state index in [1.807, 2.05) is 41.8 Å². The Morgan fingerprint density at radius 1 is 0.970 bits per heavy atom. The van der Waals surface area contributed by atoms with Crippen molar-refractivity contribution in [1.82, 2.24) is 15.3 Å². The topological polar surface area (TPSA) is 90.4 Å². The number of thiazole rings is 1. The Morgan fingerprint density at radius 2 is 1.64 bits per heavy atom. The number of esters is 2. The third kappa shape index (κ3) is 4.29. The number of aromatic nitrogens is 2. The third-order valence-electron chi connectivity index (χ3n) is 5.50. The predicted octanol–water partition coefficient (Wildman–Crippen LogP) is 4.45. The summed E-state index contributed by atoms with van der Waals surface area (Å²) in [6.45, 7) is 3.59. The predicted molar refractivity (Wildman–Crippen MR) is 126 cm³/mol. The van der Waals surface area contributed by atoms with Gasteiger partial charge in [-0.15, -0.1) is 11.3 Å². The fourth-order valence-corrected chi connectivity index (χ4v) is 4.82. The van der Waals surface area contributed by atoms with Crippen molar-refractivity contribution in [1.29, 1.82) is 0 Å². The van der Waals surface area contributed by atoms with Gasteiger partial charge in [0.25, 0.3) is 0 Å². The Hall–Kier alpha value is -3.78. The molecule has 0 atom stereocenters. The van der Waals surface area contributed by atoms with Gasteiger partial charge in [-0.05, 0) is 37.6 Å². The summed E-state index contributed by atoms with van der Waals surface area (Å²) in [6.07, 6.45) is 3.50. The standard InChI is InChI=1S/C25H23N3O4S/c1-14-20(24(29)31-3)22(21(15(2)27-14)25(30)32-4)16-7-5-8-17(11-16)23-28-19(13-33-23)18-9-6-10-26-12-18/h5-13,22,27H,1-4H3. The average Bonchev–Trinajstić information content (AvgIpc) is 3.34. The number of ether oxygens (including phenoxy) is 2. The van der Waals surface area contributed by atoms with Crippen molar-refractivity contribution < 1.29 is 19.1 Å². The molecular weight excluding hydrogens is 438 g/mol. The molecule has 0 saturated heterocycles. The zero-order valence-electron chi connectivity index (χ0n) is 18.7. The number of dihydropyridines is 1. The van der Waals surface area contributed by atoms with Crippen molar-refractivity contribution in [3.05, 3.63) is 82.3 Å². The molecule has 1 aliphatic heterocycles. The minimum absolute atomic E-state index is 0.371. The third-order valence-corrected chi connectivity index (χ3v) is 6.39. The molecule has 0 bridgehead atoms. The number of hydrogen-bond acceptors (Lipinski definition) is 8.